The summed E-state index contributed by atoms with van der Waals surface area (Å²) in [5.41, 5.74) is 2.41. The van der Waals surface area contributed by atoms with Gasteiger partial charge >= 0.3 is 0 Å². The number of alkyl halides is 1. The third kappa shape index (κ3) is 3.22. The highest BCUT2D eigenvalue weighted by Crippen LogP contribution is 2.21. The molecule has 1 fully saturated rings. The molecule has 0 N–H and O–H groups in total. The van der Waals surface area contributed by atoms with Gasteiger partial charge in [0.1, 0.15) is 5.78 Å². The van der Waals surface area contributed by atoms with Gasteiger partial charge in [-0.25, -0.2) is 0 Å². The monoisotopic (exact) mass is 251 g/mol. The van der Waals surface area contributed by atoms with Crippen molar-refractivity contribution >= 4 is 23.1 Å². The van der Waals surface area contributed by atoms with Crippen molar-refractivity contribution in [3.05, 3.63) is 29.8 Å². The summed E-state index contributed by atoms with van der Waals surface area (Å²) in [7, 11) is 0. The van der Waals surface area contributed by atoms with Crippen LogP contribution in [0.2, 0.25) is 0 Å². The molecule has 0 aromatic heterocycles. The Hall–Kier alpha value is -1.02. The van der Waals surface area contributed by atoms with Crippen LogP contribution in [0.25, 0.3) is 0 Å². The summed E-state index contributed by atoms with van der Waals surface area (Å²) in [5, 5.41) is -0.396. The van der Waals surface area contributed by atoms with Gasteiger partial charge in [-0.2, -0.15) is 0 Å². The van der Waals surface area contributed by atoms with Crippen LogP contribution >= 0.6 is 11.6 Å². The number of carbonyl (C=O) groups excluding carboxylic acids is 1. The van der Waals surface area contributed by atoms with E-state index in [9.17, 15) is 4.79 Å². The zero-order valence-corrected chi connectivity index (χ0v) is 10.9. The topological polar surface area (TPSA) is 20.3 Å². The van der Waals surface area contributed by atoms with E-state index in [1.807, 2.05) is 0 Å². The molecule has 1 heterocycles. The van der Waals surface area contributed by atoms with E-state index < -0.39 is 5.38 Å². The molecular formula is C14H18ClNO. The third-order valence-corrected chi connectivity index (χ3v) is 3.73. The number of hydrogen-bond acceptors (Lipinski definition) is 2. The molecule has 92 valence electrons. The number of nitrogens with zero attached hydrogens (tertiary/aromatic N) is 1. The Balaban J connectivity index is 2.00. The first-order chi connectivity index (χ1) is 8.16. The van der Waals surface area contributed by atoms with Gasteiger partial charge in [0, 0.05) is 18.8 Å². The molecule has 1 aromatic carbocycles. The Bertz CT molecular complexity index is 382. The van der Waals surface area contributed by atoms with Crippen LogP contribution < -0.4 is 4.90 Å². The van der Waals surface area contributed by atoms with E-state index in [0.29, 0.717) is 6.42 Å². The molecule has 0 amide bonds. The van der Waals surface area contributed by atoms with Crippen molar-refractivity contribution in [2.24, 2.45) is 0 Å². The van der Waals surface area contributed by atoms with Crippen molar-refractivity contribution in [2.45, 2.75) is 31.6 Å². The summed E-state index contributed by atoms with van der Waals surface area (Å²) in [6.07, 6.45) is 3.20. The molecule has 0 saturated carbocycles. The quantitative estimate of drug-likeness (QED) is 0.767. The van der Waals surface area contributed by atoms with Crippen LogP contribution in [-0.2, 0) is 11.2 Å². The molecule has 3 heteroatoms. The first-order valence-corrected chi connectivity index (χ1v) is 6.59. The number of Topliss-reactive ketones (excluding diaryl/α,β-unsaturated/α-hetero) is 1. The lowest BCUT2D eigenvalue weighted by Crippen LogP contribution is -2.17. The van der Waals surface area contributed by atoms with E-state index in [1.54, 1.807) is 0 Å². The zero-order chi connectivity index (χ0) is 12.3. The van der Waals surface area contributed by atoms with Crippen molar-refractivity contribution in [1.82, 2.24) is 0 Å². The molecule has 1 unspecified atom stereocenters. The molecule has 2 nitrogen and oxygen atoms in total. The fraction of sp³-hybridized carbons (Fsp3) is 0.500. The number of rotatable bonds is 4. The van der Waals surface area contributed by atoms with Crippen LogP contribution in [0.3, 0.4) is 0 Å². The third-order valence-electron chi connectivity index (χ3n) is 3.26. The van der Waals surface area contributed by atoms with Crippen LogP contribution in [0, 0.1) is 0 Å². The van der Waals surface area contributed by atoms with Gasteiger partial charge in [0.05, 0.1) is 5.38 Å². The Morgan fingerprint density at radius 1 is 1.29 bits per heavy atom. The van der Waals surface area contributed by atoms with E-state index in [0.717, 1.165) is 18.7 Å². The van der Waals surface area contributed by atoms with Gasteiger partial charge in [-0.05, 0) is 43.9 Å². The van der Waals surface area contributed by atoms with E-state index in [-0.39, 0.29) is 5.78 Å². The summed E-state index contributed by atoms with van der Waals surface area (Å²) < 4.78 is 0. The van der Waals surface area contributed by atoms with Gasteiger partial charge in [-0.1, -0.05) is 12.1 Å². The molecule has 0 spiro atoms. The zero-order valence-electron chi connectivity index (χ0n) is 10.2. The first-order valence-electron chi connectivity index (χ1n) is 6.15. The minimum atomic E-state index is -0.396. The summed E-state index contributed by atoms with van der Waals surface area (Å²) in [5.74, 6) is 0.0373. The molecule has 1 aromatic rings. The second-order valence-corrected chi connectivity index (χ2v) is 5.17. The minimum absolute atomic E-state index is 0.0373. The van der Waals surface area contributed by atoms with E-state index in [1.165, 1.54) is 25.5 Å². The van der Waals surface area contributed by atoms with Crippen molar-refractivity contribution in [3.63, 3.8) is 0 Å². The highest BCUT2D eigenvalue weighted by Gasteiger charge is 2.13. The lowest BCUT2D eigenvalue weighted by atomic mass is 10.1. The van der Waals surface area contributed by atoms with Crippen molar-refractivity contribution in [1.29, 1.82) is 0 Å². The molecule has 1 saturated heterocycles. The average Bonchev–Trinajstić information content (AvgIpc) is 2.83. The van der Waals surface area contributed by atoms with Gasteiger partial charge in [-0.3, -0.25) is 4.79 Å². The molecule has 1 atom stereocenters. The second-order valence-electron chi connectivity index (χ2n) is 4.64. The maximum absolute atomic E-state index is 11.1. The van der Waals surface area contributed by atoms with Crippen molar-refractivity contribution in [3.8, 4) is 0 Å². The van der Waals surface area contributed by atoms with E-state index in [2.05, 4.69) is 29.2 Å². The number of hydrogen-bond donors (Lipinski definition) is 0. The van der Waals surface area contributed by atoms with E-state index in [4.69, 9.17) is 11.6 Å². The lowest BCUT2D eigenvalue weighted by molar-refractivity contribution is -0.116. The lowest BCUT2D eigenvalue weighted by Gasteiger charge is -2.17. The largest absolute Gasteiger partial charge is 0.372 e. The smallest absolute Gasteiger partial charge is 0.147 e. The van der Waals surface area contributed by atoms with Gasteiger partial charge < -0.3 is 4.90 Å². The van der Waals surface area contributed by atoms with Crippen molar-refractivity contribution < 1.29 is 4.79 Å². The summed E-state index contributed by atoms with van der Waals surface area (Å²) >= 11 is 5.96. The Labute approximate surface area is 108 Å². The van der Waals surface area contributed by atoms with Gasteiger partial charge in [0.25, 0.3) is 0 Å². The van der Waals surface area contributed by atoms with E-state index >= 15 is 0 Å². The molecule has 0 aliphatic carbocycles. The van der Waals surface area contributed by atoms with Crippen LogP contribution in [-0.4, -0.2) is 24.2 Å². The first kappa shape index (κ1) is 12.4. The number of ketones is 1. The highest BCUT2D eigenvalue weighted by atomic mass is 35.5. The second kappa shape index (κ2) is 5.54. The fourth-order valence-corrected chi connectivity index (χ4v) is 2.35. The average molecular weight is 252 g/mol. The highest BCUT2D eigenvalue weighted by molar-refractivity contribution is 6.30. The fourth-order valence-electron chi connectivity index (χ4n) is 2.17. The minimum Gasteiger partial charge on any atom is -0.372 e. The molecule has 1 aliphatic rings. The Kier molecular flexibility index (Phi) is 4.06. The Morgan fingerprint density at radius 3 is 2.41 bits per heavy atom. The number of benzene rings is 1. The molecule has 0 bridgehead atoms. The van der Waals surface area contributed by atoms with Crippen molar-refractivity contribution in [2.75, 3.05) is 18.0 Å². The molecule has 1 aliphatic heterocycles. The molecule has 2 rings (SSSR count). The van der Waals surface area contributed by atoms with Crippen LogP contribution in [0.1, 0.15) is 25.3 Å². The predicted octanol–water partition coefficient (Wildman–Crippen LogP) is 3.03. The van der Waals surface area contributed by atoms with Gasteiger partial charge in [0.15, 0.2) is 0 Å². The standard InChI is InChI=1S/C14H18ClNO/c1-11(17)14(15)10-12-4-6-13(7-5-12)16-8-2-3-9-16/h4-7,14H,2-3,8-10H2,1H3. The predicted molar refractivity (Wildman–Crippen MR) is 71.9 cm³/mol. The van der Waals surface area contributed by atoms with Crippen LogP contribution in [0.5, 0.6) is 0 Å². The SMILES string of the molecule is CC(=O)C(Cl)Cc1ccc(N2CCCC2)cc1. The number of carbonyl (C=O) groups is 1. The summed E-state index contributed by atoms with van der Waals surface area (Å²) in [6, 6.07) is 8.41. The maximum atomic E-state index is 11.1. The molecular weight excluding hydrogens is 234 g/mol. The summed E-state index contributed by atoms with van der Waals surface area (Å²) in [6.45, 7) is 3.85. The number of anilines is 1. The van der Waals surface area contributed by atoms with Gasteiger partial charge in [0.2, 0.25) is 0 Å². The van der Waals surface area contributed by atoms with Gasteiger partial charge in [-0.15, -0.1) is 11.6 Å². The maximum Gasteiger partial charge on any atom is 0.147 e. The molecule has 0 radical (unpaired) electrons. The molecule has 17 heavy (non-hydrogen) atoms. The van der Waals surface area contributed by atoms with Crippen LogP contribution in [0.4, 0.5) is 5.69 Å². The van der Waals surface area contributed by atoms with Crippen LogP contribution in [0.15, 0.2) is 24.3 Å². The summed E-state index contributed by atoms with van der Waals surface area (Å²) in [4.78, 5) is 13.5. The normalized spacial score (nSPS) is 17.2. The Morgan fingerprint density at radius 2 is 1.88 bits per heavy atom. The number of halogens is 1.